The lowest BCUT2D eigenvalue weighted by Gasteiger charge is -2.09. The van der Waals surface area contributed by atoms with Crippen LogP contribution in [0.15, 0.2) is 12.1 Å². The third-order valence-electron chi connectivity index (χ3n) is 2.36. The molecular weight excluding hydrogens is 266 g/mol. The van der Waals surface area contributed by atoms with E-state index in [0.717, 1.165) is 18.5 Å². The van der Waals surface area contributed by atoms with E-state index >= 15 is 0 Å². The van der Waals surface area contributed by atoms with Gasteiger partial charge in [0, 0.05) is 5.69 Å². The molecule has 1 rings (SSSR count). The molecule has 0 atom stereocenters. The van der Waals surface area contributed by atoms with Crippen molar-refractivity contribution in [3.05, 3.63) is 28.5 Å². The topological polar surface area (TPSA) is 48.4 Å². The molecule has 1 aromatic heterocycles. The summed E-state index contributed by atoms with van der Waals surface area (Å²) in [5.74, 6) is -0.394. The van der Waals surface area contributed by atoms with Gasteiger partial charge in [0.05, 0.1) is 18.3 Å². The number of halogens is 1. The van der Waals surface area contributed by atoms with E-state index in [1.807, 2.05) is 20.8 Å². The highest BCUT2D eigenvalue weighted by Crippen LogP contribution is 2.13. The first kappa shape index (κ1) is 15.9. The predicted molar refractivity (Wildman–Crippen MR) is 74.6 cm³/mol. The fourth-order valence-electron chi connectivity index (χ4n) is 1.55. The van der Waals surface area contributed by atoms with Crippen LogP contribution in [0, 0.1) is 0 Å². The van der Waals surface area contributed by atoms with Crippen LogP contribution in [-0.2, 0) is 15.9 Å². The molecule has 0 fully saturated rings. The summed E-state index contributed by atoms with van der Waals surface area (Å²) in [6.45, 7) is 6.54. The first-order valence-electron chi connectivity index (χ1n) is 6.48. The summed E-state index contributed by atoms with van der Waals surface area (Å²) in [4.78, 5) is 16.0. The van der Waals surface area contributed by atoms with Gasteiger partial charge >= 0.3 is 5.97 Å². The molecule has 0 amide bonds. The largest absolute Gasteiger partial charge is 0.460 e. The summed E-state index contributed by atoms with van der Waals surface area (Å²) >= 11 is 5.89. The quantitative estimate of drug-likeness (QED) is 0.438. The Balaban J connectivity index is 2.56. The Bertz CT molecular complexity index is 421. The Labute approximate surface area is 119 Å². The summed E-state index contributed by atoms with van der Waals surface area (Å²) < 4.78 is 10.4. The van der Waals surface area contributed by atoms with Gasteiger partial charge in [-0.05, 0) is 32.4 Å². The zero-order chi connectivity index (χ0) is 14.3. The van der Waals surface area contributed by atoms with E-state index in [1.165, 1.54) is 6.07 Å². The zero-order valence-corrected chi connectivity index (χ0v) is 12.4. The summed E-state index contributed by atoms with van der Waals surface area (Å²) in [6, 6.07) is 3.24. The number of rotatable bonds is 7. The lowest BCUT2D eigenvalue weighted by atomic mass is 10.2. The van der Waals surface area contributed by atoms with E-state index in [2.05, 4.69) is 4.98 Å². The molecule has 1 aromatic rings. The standard InChI is InChI=1S/C14H20ClNO3/c1-4-5-12-8-11(9-13(15)16-12)14(17)19-7-6-18-10(2)3/h8-10H,4-7H2,1-3H3. The third kappa shape index (κ3) is 6.03. The van der Waals surface area contributed by atoms with Crippen molar-refractivity contribution in [2.75, 3.05) is 13.2 Å². The van der Waals surface area contributed by atoms with Crippen molar-refractivity contribution in [3.63, 3.8) is 0 Å². The highest BCUT2D eigenvalue weighted by Gasteiger charge is 2.10. The molecule has 19 heavy (non-hydrogen) atoms. The van der Waals surface area contributed by atoms with Gasteiger partial charge in [-0.15, -0.1) is 0 Å². The van der Waals surface area contributed by atoms with E-state index in [9.17, 15) is 4.79 Å². The van der Waals surface area contributed by atoms with Gasteiger partial charge in [0.15, 0.2) is 0 Å². The van der Waals surface area contributed by atoms with Crippen LogP contribution in [0.5, 0.6) is 0 Å². The fraction of sp³-hybridized carbons (Fsp3) is 0.571. The maximum absolute atomic E-state index is 11.8. The monoisotopic (exact) mass is 285 g/mol. The molecule has 0 aliphatic heterocycles. The molecule has 0 N–H and O–H groups in total. The lowest BCUT2D eigenvalue weighted by Crippen LogP contribution is -2.14. The number of nitrogens with zero attached hydrogens (tertiary/aromatic N) is 1. The first-order chi connectivity index (χ1) is 9.02. The Hall–Kier alpha value is -1.13. The minimum atomic E-state index is -0.394. The van der Waals surface area contributed by atoms with E-state index in [0.29, 0.717) is 17.3 Å². The van der Waals surface area contributed by atoms with E-state index in [-0.39, 0.29) is 12.7 Å². The van der Waals surface area contributed by atoms with Crippen molar-refractivity contribution < 1.29 is 14.3 Å². The molecular formula is C14H20ClNO3. The van der Waals surface area contributed by atoms with Gasteiger partial charge < -0.3 is 9.47 Å². The van der Waals surface area contributed by atoms with E-state index < -0.39 is 5.97 Å². The van der Waals surface area contributed by atoms with E-state index in [4.69, 9.17) is 21.1 Å². The van der Waals surface area contributed by atoms with Gasteiger partial charge in [-0.1, -0.05) is 24.9 Å². The normalized spacial score (nSPS) is 10.8. The number of aromatic nitrogens is 1. The molecule has 4 nitrogen and oxygen atoms in total. The molecule has 0 bridgehead atoms. The van der Waals surface area contributed by atoms with Gasteiger partial charge in [0.1, 0.15) is 11.8 Å². The predicted octanol–water partition coefficient (Wildman–Crippen LogP) is 3.27. The molecule has 0 aromatic carbocycles. The summed E-state index contributed by atoms with van der Waals surface area (Å²) in [6.07, 6.45) is 1.87. The summed E-state index contributed by atoms with van der Waals surface area (Å²) in [5, 5.41) is 0.316. The van der Waals surface area contributed by atoms with Crippen LogP contribution in [0.25, 0.3) is 0 Å². The van der Waals surface area contributed by atoms with Gasteiger partial charge in [0.2, 0.25) is 0 Å². The van der Waals surface area contributed by atoms with Gasteiger partial charge in [-0.2, -0.15) is 0 Å². The van der Waals surface area contributed by atoms with Crippen molar-refractivity contribution >= 4 is 17.6 Å². The molecule has 1 heterocycles. The van der Waals surface area contributed by atoms with Crippen LogP contribution < -0.4 is 0 Å². The van der Waals surface area contributed by atoms with Crippen molar-refractivity contribution in [3.8, 4) is 0 Å². The van der Waals surface area contributed by atoms with Crippen molar-refractivity contribution in [2.45, 2.75) is 39.7 Å². The smallest absolute Gasteiger partial charge is 0.338 e. The van der Waals surface area contributed by atoms with Gasteiger partial charge in [-0.3, -0.25) is 0 Å². The van der Waals surface area contributed by atoms with Crippen LogP contribution in [-0.4, -0.2) is 30.3 Å². The minimum absolute atomic E-state index is 0.130. The Morgan fingerprint density at radius 3 is 2.74 bits per heavy atom. The number of hydrogen-bond donors (Lipinski definition) is 0. The molecule has 0 spiro atoms. The molecule has 0 saturated heterocycles. The van der Waals surface area contributed by atoms with Crippen LogP contribution in [0.2, 0.25) is 5.15 Å². The molecule has 5 heteroatoms. The Morgan fingerprint density at radius 1 is 1.37 bits per heavy atom. The van der Waals surface area contributed by atoms with Crippen LogP contribution in [0.1, 0.15) is 43.2 Å². The van der Waals surface area contributed by atoms with Gasteiger partial charge in [0.25, 0.3) is 0 Å². The highest BCUT2D eigenvalue weighted by atomic mass is 35.5. The Kier molecular flexibility index (Phi) is 6.81. The number of carbonyl (C=O) groups is 1. The highest BCUT2D eigenvalue weighted by molar-refractivity contribution is 6.29. The number of aryl methyl sites for hydroxylation is 1. The van der Waals surface area contributed by atoms with Crippen molar-refractivity contribution in [1.29, 1.82) is 0 Å². The van der Waals surface area contributed by atoms with Crippen LogP contribution in [0.3, 0.4) is 0 Å². The van der Waals surface area contributed by atoms with Crippen LogP contribution >= 0.6 is 11.6 Å². The lowest BCUT2D eigenvalue weighted by molar-refractivity contribution is 0.0177. The third-order valence-corrected chi connectivity index (χ3v) is 2.55. The molecule has 0 aliphatic carbocycles. The SMILES string of the molecule is CCCc1cc(C(=O)OCCOC(C)C)cc(Cl)n1. The molecule has 0 radical (unpaired) electrons. The number of ether oxygens (including phenoxy) is 2. The average Bonchev–Trinajstić information content (AvgIpc) is 2.34. The average molecular weight is 286 g/mol. The maximum atomic E-state index is 11.8. The molecule has 106 valence electrons. The van der Waals surface area contributed by atoms with Gasteiger partial charge in [-0.25, -0.2) is 9.78 Å². The molecule has 0 saturated carbocycles. The van der Waals surface area contributed by atoms with E-state index in [1.54, 1.807) is 6.07 Å². The summed E-state index contributed by atoms with van der Waals surface area (Å²) in [5.41, 5.74) is 1.24. The Morgan fingerprint density at radius 2 is 2.11 bits per heavy atom. The second kappa shape index (κ2) is 8.12. The van der Waals surface area contributed by atoms with Crippen molar-refractivity contribution in [2.24, 2.45) is 0 Å². The van der Waals surface area contributed by atoms with Crippen LogP contribution in [0.4, 0.5) is 0 Å². The first-order valence-corrected chi connectivity index (χ1v) is 6.86. The zero-order valence-electron chi connectivity index (χ0n) is 11.6. The number of pyridine rings is 1. The molecule has 0 aliphatic rings. The fourth-order valence-corrected chi connectivity index (χ4v) is 1.78. The number of carbonyl (C=O) groups excluding carboxylic acids is 1. The molecule has 0 unspecified atom stereocenters. The second-order valence-electron chi connectivity index (χ2n) is 4.48. The number of esters is 1. The second-order valence-corrected chi connectivity index (χ2v) is 4.86. The number of hydrogen-bond acceptors (Lipinski definition) is 4. The minimum Gasteiger partial charge on any atom is -0.460 e. The summed E-state index contributed by atoms with van der Waals surface area (Å²) in [7, 11) is 0. The maximum Gasteiger partial charge on any atom is 0.338 e. The van der Waals surface area contributed by atoms with Crippen molar-refractivity contribution in [1.82, 2.24) is 4.98 Å².